The largest absolute Gasteiger partial charge is 0.451 e. The van der Waals surface area contributed by atoms with Crippen molar-refractivity contribution in [2.75, 3.05) is 0 Å². The van der Waals surface area contributed by atoms with Crippen LogP contribution in [0.15, 0.2) is 34.7 Å². The molecule has 4 atom stereocenters. The van der Waals surface area contributed by atoms with E-state index >= 15 is 0 Å². The second-order valence-corrected chi connectivity index (χ2v) is 6.75. The third-order valence-electron chi connectivity index (χ3n) is 5.44. The number of benzene rings is 1. The molecule has 2 aromatic rings. The quantitative estimate of drug-likeness (QED) is 0.925. The summed E-state index contributed by atoms with van der Waals surface area (Å²) in [7, 11) is 0. The van der Waals surface area contributed by atoms with Crippen LogP contribution < -0.4 is 5.32 Å². The van der Waals surface area contributed by atoms with Crippen LogP contribution in [0.3, 0.4) is 0 Å². The number of carbonyl (C=O) groups excluding carboxylic acids is 1. The van der Waals surface area contributed by atoms with Crippen LogP contribution in [0.1, 0.15) is 43.2 Å². The maximum absolute atomic E-state index is 12.4. The molecule has 0 unspecified atom stereocenters. The lowest BCUT2D eigenvalue weighted by molar-refractivity contribution is 0.0889. The van der Waals surface area contributed by atoms with Gasteiger partial charge in [-0.15, -0.1) is 0 Å². The smallest absolute Gasteiger partial charge is 0.287 e. The van der Waals surface area contributed by atoms with E-state index in [4.69, 9.17) is 4.42 Å². The monoisotopic (exact) mass is 283 g/mol. The summed E-state index contributed by atoms with van der Waals surface area (Å²) in [6, 6.07) is 9.81. The number of rotatable bonds is 3. The first-order chi connectivity index (χ1) is 10.2. The molecule has 3 heteroatoms. The summed E-state index contributed by atoms with van der Waals surface area (Å²) < 4.78 is 5.64. The second-order valence-electron chi connectivity index (χ2n) is 6.75. The highest BCUT2D eigenvalue weighted by Gasteiger charge is 2.42. The van der Waals surface area contributed by atoms with E-state index in [-0.39, 0.29) is 11.9 Å². The van der Waals surface area contributed by atoms with E-state index in [0.717, 1.165) is 22.8 Å². The summed E-state index contributed by atoms with van der Waals surface area (Å²) in [6.07, 6.45) is 5.40. The van der Waals surface area contributed by atoms with Gasteiger partial charge in [0, 0.05) is 11.4 Å². The molecule has 2 aliphatic carbocycles. The molecule has 0 spiro atoms. The van der Waals surface area contributed by atoms with E-state index in [2.05, 4.69) is 12.2 Å². The molecule has 1 N–H and O–H groups in total. The van der Waals surface area contributed by atoms with Crippen molar-refractivity contribution < 1.29 is 9.21 Å². The number of para-hydroxylation sites is 1. The third-order valence-corrected chi connectivity index (χ3v) is 5.44. The highest BCUT2D eigenvalue weighted by molar-refractivity contribution is 5.96. The third kappa shape index (κ3) is 2.25. The summed E-state index contributed by atoms with van der Waals surface area (Å²) in [5.74, 6) is 2.72. The lowest BCUT2D eigenvalue weighted by Crippen LogP contribution is -2.39. The Morgan fingerprint density at radius 3 is 2.86 bits per heavy atom. The summed E-state index contributed by atoms with van der Waals surface area (Å²) in [4.78, 5) is 12.4. The van der Waals surface area contributed by atoms with Crippen LogP contribution in [0, 0.1) is 17.8 Å². The number of furan rings is 1. The Labute approximate surface area is 124 Å². The number of nitrogens with one attached hydrogen (secondary N) is 1. The molecule has 1 heterocycles. The van der Waals surface area contributed by atoms with Gasteiger partial charge in [-0.05, 0) is 56.1 Å². The Bertz CT molecular complexity index is 642. The molecule has 1 aromatic heterocycles. The molecule has 1 amide bonds. The predicted octanol–water partition coefficient (Wildman–Crippen LogP) is 3.99. The van der Waals surface area contributed by atoms with Crippen LogP contribution in [-0.4, -0.2) is 11.9 Å². The summed E-state index contributed by atoms with van der Waals surface area (Å²) in [6.45, 7) is 2.14. The van der Waals surface area contributed by atoms with Gasteiger partial charge in [-0.25, -0.2) is 0 Å². The number of hydrogen-bond donors (Lipinski definition) is 1. The van der Waals surface area contributed by atoms with Gasteiger partial charge in [0.25, 0.3) is 5.91 Å². The minimum atomic E-state index is -0.0820. The van der Waals surface area contributed by atoms with Gasteiger partial charge in [-0.2, -0.15) is 0 Å². The van der Waals surface area contributed by atoms with Crippen molar-refractivity contribution in [3.8, 4) is 0 Å². The van der Waals surface area contributed by atoms with Crippen molar-refractivity contribution in [2.24, 2.45) is 17.8 Å². The number of fused-ring (bicyclic) bond motifs is 3. The second kappa shape index (κ2) is 4.90. The number of carbonyl (C=O) groups is 1. The van der Waals surface area contributed by atoms with Crippen LogP contribution >= 0.6 is 0 Å². The van der Waals surface area contributed by atoms with Crippen LogP contribution in [0.2, 0.25) is 0 Å². The molecule has 2 saturated carbocycles. The molecule has 1 aromatic carbocycles. The van der Waals surface area contributed by atoms with Gasteiger partial charge in [0.1, 0.15) is 5.58 Å². The van der Waals surface area contributed by atoms with Crippen molar-refractivity contribution >= 4 is 16.9 Å². The van der Waals surface area contributed by atoms with Crippen molar-refractivity contribution in [2.45, 2.75) is 38.6 Å². The molecular weight excluding hydrogens is 262 g/mol. The molecule has 2 aliphatic rings. The van der Waals surface area contributed by atoms with Crippen LogP contribution in [0.25, 0.3) is 11.0 Å². The van der Waals surface area contributed by atoms with Crippen molar-refractivity contribution in [3.63, 3.8) is 0 Å². The molecule has 21 heavy (non-hydrogen) atoms. The normalized spacial score (nSPS) is 28.9. The van der Waals surface area contributed by atoms with E-state index in [1.807, 2.05) is 30.3 Å². The van der Waals surface area contributed by atoms with Crippen molar-refractivity contribution in [3.05, 3.63) is 36.1 Å². The van der Waals surface area contributed by atoms with E-state index in [1.54, 1.807) is 0 Å². The van der Waals surface area contributed by atoms with Crippen LogP contribution in [0.4, 0.5) is 0 Å². The summed E-state index contributed by atoms with van der Waals surface area (Å²) in [5.41, 5.74) is 0.773. The SMILES string of the molecule is C[C@@H](NC(=O)c1cc2ccccc2o1)[C@@H]1C[C@H]2CC[C@H]1C2. The molecule has 2 fully saturated rings. The number of amides is 1. The highest BCUT2D eigenvalue weighted by atomic mass is 16.3. The fourth-order valence-corrected chi connectivity index (χ4v) is 4.39. The average Bonchev–Trinajstić information content (AvgIpc) is 3.21. The highest BCUT2D eigenvalue weighted by Crippen LogP contribution is 2.49. The standard InChI is InChI=1S/C18H21NO2/c1-11(15-9-12-6-7-13(15)8-12)19-18(20)17-10-14-4-2-3-5-16(14)21-17/h2-5,10-13,15H,6-9H2,1H3,(H,19,20)/t11-,12+,13+,15+/m1/s1. The topological polar surface area (TPSA) is 42.2 Å². The summed E-state index contributed by atoms with van der Waals surface area (Å²) >= 11 is 0. The fraction of sp³-hybridized carbons (Fsp3) is 0.500. The van der Waals surface area contributed by atoms with Gasteiger partial charge >= 0.3 is 0 Å². The van der Waals surface area contributed by atoms with Crippen LogP contribution in [0.5, 0.6) is 0 Å². The molecule has 2 bridgehead atoms. The minimum Gasteiger partial charge on any atom is -0.451 e. The maximum atomic E-state index is 12.4. The zero-order chi connectivity index (χ0) is 14.4. The molecule has 4 rings (SSSR count). The van der Waals surface area contributed by atoms with E-state index in [9.17, 15) is 4.79 Å². The van der Waals surface area contributed by atoms with E-state index in [1.165, 1.54) is 25.7 Å². The first-order valence-electron chi connectivity index (χ1n) is 8.00. The van der Waals surface area contributed by atoms with Gasteiger partial charge in [-0.3, -0.25) is 4.79 Å². The van der Waals surface area contributed by atoms with Crippen molar-refractivity contribution in [1.29, 1.82) is 0 Å². The van der Waals surface area contributed by atoms with Gasteiger partial charge in [0.15, 0.2) is 5.76 Å². The van der Waals surface area contributed by atoms with Gasteiger partial charge in [0.2, 0.25) is 0 Å². The van der Waals surface area contributed by atoms with Gasteiger partial charge in [0.05, 0.1) is 0 Å². The Morgan fingerprint density at radius 1 is 1.29 bits per heavy atom. The Balaban J connectivity index is 1.47. The zero-order valence-electron chi connectivity index (χ0n) is 12.3. The molecule has 0 saturated heterocycles. The van der Waals surface area contributed by atoms with E-state index < -0.39 is 0 Å². The molecule has 110 valence electrons. The average molecular weight is 283 g/mol. The van der Waals surface area contributed by atoms with Gasteiger partial charge < -0.3 is 9.73 Å². The Kier molecular flexibility index (Phi) is 3.02. The Morgan fingerprint density at radius 2 is 2.14 bits per heavy atom. The maximum Gasteiger partial charge on any atom is 0.287 e. The lowest BCUT2D eigenvalue weighted by Gasteiger charge is -2.28. The van der Waals surface area contributed by atoms with Crippen LogP contribution in [-0.2, 0) is 0 Å². The fourth-order valence-electron chi connectivity index (χ4n) is 4.39. The molecular formula is C18H21NO2. The minimum absolute atomic E-state index is 0.0820. The molecule has 0 aliphatic heterocycles. The van der Waals surface area contributed by atoms with Crippen molar-refractivity contribution in [1.82, 2.24) is 5.32 Å². The number of hydrogen-bond acceptors (Lipinski definition) is 2. The lowest BCUT2D eigenvalue weighted by atomic mass is 9.84. The zero-order valence-corrected chi connectivity index (χ0v) is 12.3. The van der Waals surface area contributed by atoms with E-state index in [0.29, 0.717) is 11.7 Å². The predicted molar refractivity (Wildman–Crippen MR) is 82.1 cm³/mol. The van der Waals surface area contributed by atoms with Gasteiger partial charge in [-0.1, -0.05) is 24.6 Å². The molecule has 0 radical (unpaired) electrons. The first kappa shape index (κ1) is 12.9. The Hall–Kier alpha value is -1.77. The first-order valence-corrected chi connectivity index (χ1v) is 8.00. The molecule has 3 nitrogen and oxygen atoms in total. The summed E-state index contributed by atoms with van der Waals surface area (Å²) in [5, 5.41) is 4.13.